The fraction of sp³-hybridized carbons (Fsp3) is 0.158. The third-order valence-electron chi connectivity index (χ3n) is 4.28. The van der Waals surface area contributed by atoms with Crippen molar-refractivity contribution in [3.8, 4) is 11.4 Å². The maximum Gasteiger partial charge on any atom is 0.433 e. The molecule has 0 saturated heterocycles. The minimum atomic E-state index is -4.51. The summed E-state index contributed by atoms with van der Waals surface area (Å²) in [6.07, 6.45) is -2.77. The molecule has 148 valence electrons. The molecule has 5 nitrogen and oxygen atoms in total. The highest BCUT2D eigenvalue weighted by Crippen LogP contribution is 2.35. The first kappa shape index (κ1) is 19.7. The van der Waals surface area contributed by atoms with Gasteiger partial charge < -0.3 is 4.98 Å². The van der Waals surface area contributed by atoms with Crippen molar-refractivity contribution in [3.63, 3.8) is 0 Å². The summed E-state index contributed by atoms with van der Waals surface area (Å²) in [7, 11) is 0. The molecular weight excluding hydrogens is 469 g/mol. The summed E-state index contributed by atoms with van der Waals surface area (Å²) in [5.74, 6) is 0.502. The van der Waals surface area contributed by atoms with Gasteiger partial charge >= 0.3 is 6.18 Å². The van der Waals surface area contributed by atoms with Gasteiger partial charge in [-0.15, -0.1) is 21.5 Å². The third-order valence-corrected chi connectivity index (χ3v) is 6.20. The lowest BCUT2D eigenvalue weighted by molar-refractivity contribution is -0.141. The average molecular weight is 481 g/mol. The maximum atomic E-state index is 12.9. The largest absolute Gasteiger partial charge is 0.433 e. The minimum Gasteiger partial charge on any atom is -0.327 e. The number of carbonyl (C=O) groups is 1. The van der Waals surface area contributed by atoms with Gasteiger partial charge in [0.05, 0.1) is 5.52 Å². The molecule has 3 heterocycles. The molecule has 1 N–H and O–H groups in total. The summed E-state index contributed by atoms with van der Waals surface area (Å²) in [5.41, 5.74) is 0.668. The SMILES string of the molecule is O=C(Cc1ccc2ccc(C(F)(F)F)nc2c1)Cc1scc(Br)c1-c1nnc[nH]1. The molecule has 0 aliphatic rings. The van der Waals surface area contributed by atoms with Crippen molar-refractivity contribution in [1.29, 1.82) is 0 Å². The predicted octanol–water partition coefficient (Wildman–Crippen LogP) is 5.22. The Morgan fingerprint density at radius 3 is 2.69 bits per heavy atom. The van der Waals surface area contributed by atoms with Crippen LogP contribution in [0.15, 0.2) is 46.5 Å². The Balaban J connectivity index is 1.55. The van der Waals surface area contributed by atoms with Gasteiger partial charge in [-0.05, 0) is 33.6 Å². The smallest absolute Gasteiger partial charge is 0.327 e. The number of thiophene rings is 1. The molecule has 0 spiro atoms. The van der Waals surface area contributed by atoms with E-state index in [2.05, 4.69) is 36.1 Å². The van der Waals surface area contributed by atoms with Crippen LogP contribution in [0.5, 0.6) is 0 Å². The number of benzene rings is 1. The molecular formula is C19H12BrF3N4OS. The number of aromatic amines is 1. The Labute approximate surface area is 175 Å². The number of hydrogen-bond donors (Lipinski definition) is 1. The first-order valence-corrected chi connectivity index (χ1v) is 10.1. The van der Waals surface area contributed by atoms with Gasteiger partial charge in [0.1, 0.15) is 17.8 Å². The Bertz CT molecular complexity index is 1190. The number of aromatic nitrogens is 4. The van der Waals surface area contributed by atoms with Crippen LogP contribution in [0.4, 0.5) is 13.2 Å². The first-order chi connectivity index (χ1) is 13.8. The van der Waals surface area contributed by atoms with Crippen LogP contribution in [0.2, 0.25) is 0 Å². The van der Waals surface area contributed by atoms with Gasteiger partial charge in [0.2, 0.25) is 0 Å². The number of ketones is 1. The monoisotopic (exact) mass is 480 g/mol. The number of alkyl halides is 3. The second kappa shape index (κ2) is 7.68. The molecule has 0 aliphatic heterocycles. The highest BCUT2D eigenvalue weighted by molar-refractivity contribution is 9.10. The molecule has 10 heteroatoms. The standard InChI is InChI=1S/C19H12BrF3N4OS/c20-13-8-29-15(17(13)18-24-9-25-27-18)7-12(28)5-10-1-2-11-3-4-16(19(21,22)23)26-14(11)6-10/h1-4,6,8-9H,5,7H2,(H,24,25,27). The van der Waals surface area contributed by atoms with E-state index in [9.17, 15) is 18.0 Å². The quantitative estimate of drug-likeness (QED) is 0.425. The molecule has 0 radical (unpaired) electrons. The van der Waals surface area contributed by atoms with Crippen LogP contribution in [0, 0.1) is 0 Å². The lowest BCUT2D eigenvalue weighted by Crippen LogP contribution is -2.08. The molecule has 0 bridgehead atoms. The van der Waals surface area contributed by atoms with E-state index in [4.69, 9.17) is 0 Å². The summed E-state index contributed by atoms with van der Waals surface area (Å²) in [6, 6.07) is 7.27. The number of nitrogens with zero attached hydrogens (tertiary/aromatic N) is 3. The minimum absolute atomic E-state index is 0.0635. The highest BCUT2D eigenvalue weighted by atomic mass is 79.9. The number of H-pyrrole nitrogens is 1. The molecule has 4 rings (SSSR count). The van der Waals surface area contributed by atoms with Crippen molar-refractivity contribution in [2.24, 2.45) is 0 Å². The number of hydrogen-bond acceptors (Lipinski definition) is 5. The second-order valence-electron chi connectivity index (χ2n) is 6.33. The van der Waals surface area contributed by atoms with Crippen LogP contribution < -0.4 is 0 Å². The number of rotatable bonds is 5. The topological polar surface area (TPSA) is 71.5 Å². The van der Waals surface area contributed by atoms with Crippen LogP contribution in [-0.2, 0) is 23.8 Å². The molecule has 0 saturated carbocycles. The first-order valence-electron chi connectivity index (χ1n) is 8.42. The van der Waals surface area contributed by atoms with Gasteiger partial charge in [0.25, 0.3) is 0 Å². The van der Waals surface area contributed by atoms with Crippen LogP contribution >= 0.6 is 27.3 Å². The zero-order valence-corrected chi connectivity index (χ0v) is 17.0. The normalized spacial score (nSPS) is 11.9. The van der Waals surface area contributed by atoms with E-state index < -0.39 is 11.9 Å². The lowest BCUT2D eigenvalue weighted by atomic mass is 10.0. The summed E-state index contributed by atoms with van der Waals surface area (Å²) in [6.45, 7) is 0. The van der Waals surface area contributed by atoms with E-state index in [0.29, 0.717) is 16.8 Å². The number of fused-ring (bicyclic) bond motifs is 1. The van der Waals surface area contributed by atoms with Crippen LogP contribution in [-0.4, -0.2) is 25.9 Å². The summed E-state index contributed by atoms with van der Waals surface area (Å²) < 4.78 is 39.5. The van der Waals surface area contributed by atoms with Gasteiger partial charge in [-0.2, -0.15) is 13.2 Å². The van der Waals surface area contributed by atoms with E-state index in [-0.39, 0.29) is 24.1 Å². The molecule has 4 aromatic rings. The Kier molecular flexibility index (Phi) is 5.22. The number of pyridine rings is 1. The van der Waals surface area contributed by atoms with Crippen molar-refractivity contribution >= 4 is 44.0 Å². The number of carbonyl (C=O) groups excluding carboxylic acids is 1. The summed E-state index contributed by atoms with van der Waals surface area (Å²) >= 11 is 4.88. The summed E-state index contributed by atoms with van der Waals surface area (Å²) in [5, 5.41) is 10.2. The number of nitrogens with one attached hydrogen (secondary N) is 1. The molecule has 0 unspecified atom stereocenters. The van der Waals surface area contributed by atoms with Crippen molar-refractivity contribution < 1.29 is 18.0 Å². The van der Waals surface area contributed by atoms with E-state index in [1.807, 2.05) is 5.38 Å². The molecule has 29 heavy (non-hydrogen) atoms. The van der Waals surface area contributed by atoms with E-state index in [1.54, 1.807) is 12.1 Å². The third kappa shape index (κ3) is 4.23. The lowest BCUT2D eigenvalue weighted by Gasteiger charge is -2.08. The molecule has 0 aliphatic carbocycles. The maximum absolute atomic E-state index is 12.9. The van der Waals surface area contributed by atoms with Crippen LogP contribution in [0.25, 0.3) is 22.3 Å². The molecule has 0 amide bonds. The number of Topliss-reactive ketones (excluding diaryl/α,β-unsaturated/α-hetero) is 1. The van der Waals surface area contributed by atoms with Crippen LogP contribution in [0.1, 0.15) is 16.1 Å². The van der Waals surface area contributed by atoms with Gasteiger partial charge in [-0.1, -0.05) is 18.2 Å². The second-order valence-corrected chi connectivity index (χ2v) is 8.15. The zero-order chi connectivity index (χ0) is 20.6. The van der Waals surface area contributed by atoms with E-state index >= 15 is 0 Å². The van der Waals surface area contributed by atoms with Crippen molar-refractivity contribution in [2.75, 3.05) is 0 Å². The Morgan fingerprint density at radius 1 is 1.17 bits per heavy atom. The molecule has 0 atom stereocenters. The fourth-order valence-electron chi connectivity index (χ4n) is 2.98. The van der Waals surface area contributed by atoms with E-state index in [0.717, 1.165) is 21.0 Å². The van der Waals surface area contributed by atoms with Gasteiger partial charge in [0, 0.05) is 38.5 Å². The molecule has 3 aromatic heterocycles. The van der Waals surface area contributed by atoms with Gasteiger partial charge in [-0.3, -0.25) is 4.79 Å². The predicted molar refractivity (Wildman–Crippen MR) is 107 cm³/mol. The van der Waals surface area contributed by atoms with Crippen molar-refractivity contribution in [1.82, 2.24) is 20.2 Å². The molecule has 1 aromatic carbocycles. The number of halogens is 4. The van der Waals surface area contributed by atoms with Crippen molar-refractivity contribution in [2.45, 2.75) is 19.0 Å². The van der Waals surface area contributed by atoms with Crippen molar-refractivity contribution in [3.05, 3.63) is 62.6 Å². The average Bonchev–Trinajstić information content (AvgIpc) is 3.30. The molecule has 0 fully saturated rings. The summed E-state index contributed by atoms with van der Waals surface area (Å²) in [4.78, 5) is 20.1. The zero-order valence-electron chi connectivity index (χ0n) is 14.6. The van der Waals surface area contributed by atoms with Gasteiger partial charge in [0.15, 0.2) is 5.82 Å². The Hall–Kier alpha value is -2.59. The van der Waals surface area contributed by atoms with E-state index in [1.165, 1.54) is 29.8 Å². The van der Waals surface area contributed by atoms with Crippen LogP contribution in [0.3, 0.4) is 0 Å². The highest BCUT2D eigenvalue weighted by Gasteiger charge is 2.32. The fourth-order valence-corrected chi connectivity index (χ4v) is 4.75. The van der Waals surface area contributed by atoms with Gasteiger partial charge in [-0.25, -0.2) is 4.98 Å². The Morgan fingerprint density at radius 2 is 1.97 bits per heavy atom.